The largest absolute Gasteiger partial charge is 0.348 e. The van der Waals surface area contributed by atoms with E-state index >= 15 is 0 Å². The van der Waals surface area contributed by atoms with E-state index in [0.29, 0.717) is 6.54 Å². The van der Waals surface area contributed by atoms with E-state index < -0.39 is 5.41 Å². The van der Waals surface area contributed by atoms with Crippen LogP contribution in [-0.2, 0) is 4.79 Å². The summed E-state index contributed by atoms with van der Waals surface area (Å²) in [4.78, 5) is 13.8. The predicted molar refractivity (Wildman–Crippen MR) is 87.4 cm³/mol. The first-order chi connectivity index (χ1) is 9.16. The summed E-state index contributed by atoms with van der Waals surface area (Å²) in [6, 6.07) is 8.40. The fourth-order valence-electron chi connectivity index (χ4n) is 2.55. The number of thioether (sulfide) groups is 1. The minimum Gasteiger partial charge on any atom is -0.348 e. The maximum absolute atomic E-state index is 12.5. The molecule has 0 radical (unpaired) electrons. The first-order valence-electron chi connectivity index (χ1n) is 6.89. The number of nitrogens with two attached hydrogens (primary N) is 1. The monoisotopic (exact) mass is 314 g/mol. The van der Waals surface area contributed by atoms with Gasteiger partial charge in [0.25, 0.3) is 0 Å². The lowest BCUT2D eigenvalue weighted by atomic mass is 9.81. The number of amides is 1. The van der Waals surface area contributed by atoms with E-state index in [1.807, 2.05) is 26.0 Å². The molecule has 1 unspecified atom stereocenters. The smallest absolute Gasteiger partial charge is 0.227 e. The van der Waals surface area contributed by atoms with Crippen LogP contribution in [0.15, 0.2) is 29.2 Å². The third-order valence-electron chi connectivity index (χ3n) is 4.23. The number of rotatable bonds is 5. The van der Waals surface area contributed by atoms with E-state index in [1.165, 1.54) is 10.5 Å². The Morgan fingerprint density at radius 1 is 1.40 bits per heavy atom. The molecule has 1 aliphatic heterocycles. The lowest BCUT2D eigenvalue weighted by Crippen LogP contribution is -2.46. The van der Waals surface area contributed by atoms with Gasteiger partial charge in [0.2, 0.25) is 5.91 Å². The van der Waals surface area contributed by atoms with Crippen molar-refractivity contribution < 1.29 is 4.79 Å². The molecule has 5 heteroatoms. The second-order valence-electron chi connectivity index (χ2n) is 5.07. The molecule has 0 aromatic heterocycles. The summed E-state index contributed by atoms with van der Waals surface area (Å²) >= 11 is 1.81. The number of carbonyl (C=O) groups is 1. The fourth-order valence-corrected chi connectivity index (χ4v) is 3.71. The van der Waals surface area contributed by atoms with Gasteiger partial charge in [-0.25, -0.2) is 0 Å². The van der Waals surface area contributed by atoms with Crippen molar-refractivity contribution in [1.29, 1.82) is 0 Å². The number of nitrogens with one attached hydrogen (secondary N) is 1. The van der Waals surface area contributed by atoms with Gasteiger partial charge in [-0.05, 0) is 24.5 Å². The van der Waals surface area contributed by atoms with Gasteiger partial charge in [-0.3, -0.25) is 4.79 Å². The molecule has 0 spiro atoms. The average Bonchev–Trinajstić information content (AvgIpc) is 2.85. The van der Waals surface area contributed by atoms with E-state index in [9.17, 15) is 4.79 Å². The summed E-state index contributed by atoms with van der Waals surface area (Å²) in [7, 11) is 0. The molecule has 0 saturated carbocycles. The van der Waals surface area contributed by atoms with Crippen molar-refractivity contribution in [2.75, 3.05) is 12.3 Å². The third-order valence-corrected chi connectivity index (χ3v) is 5.41. The van der Waals surface area contributed by atoms with Crippen LogP contribution in [-0.4, -0.2) is 18.2 Å². The molecule has 1 aromatic carbocycles. The Kier molecular flexibility index (Phi) is 6.37. The molecular weight excluding hydrogens is 292 g/mol. The molecule has 0 saturated heterocycles. The van der Waals surface area contributed by atoms with Crippen LogP contribution in [0.3, 0.4) is 0 Å². The number of hydrogen-bond acceptors (Lipinski definition) is 3. The molecular formula is C15H23ClN2OS. The van der Waals surface area contributed by atoms with Crippen molar-refractivity contribution in [2.45, 2.75) is 37.6 Å². The van der Waals surface area contributed by atoms with Crippen molar-refractivity contribution in [3.8, 4) is 0 Å². The van der Waals surface area contributed by atoms with Crippen LogP contribution in [0, 0.1) is 5.41 Å². The van der Waals surface area contributed by atoms with Gasteiger partial charge in [-0.2, -0.15) is 0 Å². The van der Waals surface area contributed by atoms with Gasteiger partial charge in [0.05, 0.1) is 11.5 Å². The Bertz CT molecular complexity index is 455. The second kappa shape index (κ2) is 7.34. The van der Waals surface area contributed by atoms with Crippen molar-refractivity contribution in [1.82, 2.24) is 5.32 Å². The van der Waals surface area contributed by atoms with Gasteiger partial charge < -0.3 is 11.1 Å². The topological polar surface area (TPSA) is 55.1 Å². The molecule has 20 heavy (non-hydrogen) atoms. The van der Waals surface area contributed by atoms with Crippen LogP contribution in [0.4, 0.5) is 0 Å². The maximum atomic E-state index is 12.5. The molecule has 1 aliphatic rings. The molecule has 0 aliphatic carbocycles. The normalized spacial score (nSPS) is 17.2. The first-order valence-corrected chi connectivity index (χ1v) is 7.88. The Balaban J connectivity index is 0.00000200. The summed E-state index contributed by atoms with van der Waals surface area (Å²) in [5.41, 5.74) is 6.65. The minimum absolute atomic E-state index is 0. The summed E-state index contributed by atoms with van der Waals surface area (Å²) in [6.07, 6.45) is 1.57. The highest BCUT2D eigenvalue weighted by atomic mass is 35.5. The lowest BCUT2D eigenvalue weighted by molar-refractivity contribution is -0.131. The summed E-state index contributed by atoms with van der Waals surface area (Å²) in [6.45, 7) is 4.48. The van der Waals surface area contributed by atoms with E-state index in [1.54, 1.807) is 11.8 Å². The van der Waals surface area contributed by atoms with Crippen molar-refractivity contribution in [3.63, 3.8) is 0 Å². The highest BCUT2D eigenvalue weighted by Gasteiger charge is 2.36. The maximum Gasteiger partial charge on any atom is 0.227 e. The van der Waals surface area contributed by atoms with Gasteiger partial charge in [-0.1, -0.05) is 32.0 Å². The Labute approximate surface area is 131 Å². The molecule has 0 fully saturated rings. The van der Waals surface area contributed by atoms with Crippen LogP contribution in [0.1, 0.15) is 38.3 Å². The van der Waals surface area contributed by atoms with Crippen LogP contribution in [0.5, 0.6) is 0 Å². The van der Waals surface area contributed by atoms with E-state index in [4.69, 9.17) is 5.73 Å². The Morgan fingerprint density at radius 2 is 2.05 bits per heavy atom. The van der Waals surface area contributed by atoms with Gasteiger partial charge in [0, 0.05) is 17.2 Å². The van der Waals surface area contributed by atoms with Crippen LogP contribution < -0.4 is 11.1 Å². The Morgan fingerprint density at radius 3 is 2.65 bits per heavy atom. The average molecular weight is 315 g/mol. The first kappa shape index (κ1) is 17.3. The summed E-state index contributed by atoms with van der Waals surface area (Å²) in [5.74, 6) is 1.02. The molecule has 1 heterocycles. The number of hydrogen-bond donors (Lipinski definition) is 2. The van der Waals surface area contributed by atoms with Gasteiger partial charge in [0.15, 0.2) is 0 Å². The van der Waals surface area contributed by atoms with Crippen LogP contribution in [0.25, 0.3) is 0 Å². The third kappa shape index (κ3) is 3.13. The zero-order valence-electron chi connectivity index (χ0n) is 12.0. The quantitative estimate of drug-likeness (QED) is 0.878. The highest BCUT2D eigenvalue weighted by Crippen LogP contribution is 2.38. The molecule has 1 atom stereocenters. The molecule has 1 amide bonds. The number of halogens is 1. The van der Waals surface area contributed by atoms with Gasteiger partial charge in [0.1, 0.15) is 0 Å². The fraction of sp³-hybridized carbons (Fsp3) is 0.533. The summed E-state index contributed by atoms with van der Waals surface area (Å²) in [5, 5.41) is 3.19. The highest BCUT2D eigenvalue weighted by molar-refractivity contribution is 7.99. The zero-order valence-corrected chi connectivity index (χ0v) is 13.7. The standard InChI is InChI=1S/C15H22N2OS.ClH/c1-3-15(4-2,10-16)14(18)17-12-9-19-13-8-6-5-7-11(12)13;/h5-8,12H,3-4,9-10,16H2,1-2H3,(H,17,18);1H. The van der Waals surface area contributed by atoms with E-state index in [2.05, 4.69) is 17.4 Å². The Hall–Kier alpha value is -0.710. The second-order valence-corrected chi connectivity index (χ2v) is 6.13. The van der Waals surface area contributed by atoms with Crippen LogP contribution in [0.2, 0.25) is 0 Å². The number of fused-ring (bicyclic) bond motifs is 1. The van der Waals surface area contributed by atoms with Crippen molar-refractivity contribution >= 4 is 30.1 Å². The number of carbonyl (C=O) groups excluding carboxylic acids is 1. The number of benzene rings is 1. The minimum atomic E-state index is -0.414. The van der Waals surface area contributed by atoms with Gasteiger partial charge >= 0.3 is 0 Å². The summed E-state index contributed by atoms with van der Waals surface area (Å²) < 4.78 is 0. The molecule has 3 nitrogen and oxygen atoms in total. The van der Waals surface area contributed by atoms with Gasteiger partial charge in [-0.15, -0.1) is 24.2 Å². The lowest BCUT2D eigenvalue weighted by Gasteiger charge is -2.30. The molecule has 0 bridgehead atoms. The van der Waals surface area contributed by atoms with Crippen LogP contribution >= 0.6 is 24.2 Å². The molecule has 2 rings (SSSR count). The molecule has 1 aromatic rings. The predicted octanol–water partition coefficient (Wildman–Crippen LogP) is 3.14. The van der Waals surface area contributed by atoms with Crippen molar-refractivity contribution in [2.24, 2.45) is 11.1 Å². The van der Waals surface area contributed by atoms with Crippen molar-refractivity contribution in [3.05, 3.63) is 29.8 Å². The van der Waals surface area contributed by atoms with E-state index in [-0.39, 0.29) is 24.4 Å². The van der Waals surface area contributed by atoms with E-state index in [0.717, 1.165) is 18.6 Å². The molecule has 112 valence electrons. The molecule has 3 N–H and O–H groups in total. The zero-order chi connectivity index (χ0) is 13.9. The SMILES string of the molecule is CCC(CC)(CN)C(=O)NC1CSc2ccccc21.Cl.